The van der Waals surface area contributed by atoms with Gasteiger partial charge in [0.2, 0.25) is 0 Å². The van der Waals surface area contributed by atoms with E-state index in [0.29, 0.717) is 13.0 Å². The molecule has 0 aromatic carbocycles. The molecule has 7 heavy (non-hydrogen) atoms. The summed E-state index contributed by atoms with van der Waals surface area (Å²) in [6.07, 6.45) is 0.131. The molecule has 2 atom stereocenters. The molecule has 0 aromatic rings. The molecule has 1 heterocycles. The fraction of sp³-hybridized carbons (Fsp3) is 0.800. The summed E-state index contributed by atoms with van der Waals surface area (Å²) in [5.41, 5.74) is 0. The van der Waals surface area contributed by atoms with Gasteiger partial charge in [0.15, 0.2) is 6.17 Å². The number of hydrogen-bond acceptors (Lipinski definition) is 0. The van der Waals surface area contributed by atoms with Gasteiger partial charge < -0.3 is 4.90 Å². The van der Waals surface area contributed by atoms with Crippen LogP contribution in [0.25, 0.3) is 0 Å². The van der Waals surface area contributed by atoms with Gasteiger partial charge in [0.05, 0.1) is 13.1 Å². The molecular formula is C5H10FN. The van der Waals surface area contributed by atoms with Crippen molar-refractivity contribution >= 4 is 0 Å². The van der Waals surface area contributed by atoms with Crippen LogP contribution >= 0.6 is 0 Å². The zero-order valence-electron chi connectivity index (χ0n) is 4.28. The second kappa shape index (κ2) is 1.78. The first kappa shape index (κ1) is 5.04. The van der Waals surface area contributed by atoms with E-state index in [2.05, 4.69) is 7.05 Å². The fourth-order valence-corrected chi connectivity index (χ4v) is 0.878. The minimum atomic E-state index is -0.576. The molecule has 0 saturated carbocycles. The minimum absolute atomic E-state index is 0.576. The molecule has 42 valence electrons. The Hall–Kier alpha value is -0.110. The number of halogens is 1. The van der Waals surface area contributed by atoms with Crippen molar-refractivity contribution in [3.05, 3.63) is 7.05 Å². The summed E-state index contributed by atoms with van der Waals surface area (Å²) in [6.45, 7) is 1.52. The van der Waals surface area contributed by atoms with E-state index < -0.39 is 6.17 Å². The standard InChI is InChI=1S/C5H10FN/c1-7-3-2-5(6)4-7/h5,7H,1-4H2/t5-/m0/s1. The number of nitrogens with one attached hydrogen (secondary N) is 1. The van der Waals surface area contributed by atoms with Gasteiger partial charge in [-0.3, -0.25) is 0 Å². The van der Waals surface area contributed by atoms with Crippen molar-refractivity contribution < 1.29 is 9.29 Å². The van der Waals surface area contributed by atoms with Gasteiger partial charge in [-0.25, -0.2) is 4.39 Å². The third kappa shape index (κ3) is 1.13. The van der Waals surface area contributed by atoms with E-state index in [4.69, 9.17) is 0 Å². The largest absolute Gasteiger partial charge is 0.465 e. The van der Waals surface area contributed by atoms with Crippen LogP contribution in [0.3, 0.4) is 0 Å². The molecule has 1 unspecified atom stereocenters. The summed E-state index contributed by atoms with van der Waals surface area (Å²) in [7, 11) is 3.66. The molecule has 1 rings (SSSR count). The summed E-state index contributed by atoms with van der Waals surface area (Å²) in [6, 6.07) is 0. The minimum Gasteiger partial charge on any atom is -0.465 e. The van der Waals surface area contributed by atoms with Gasteiger partial charge in [0, 0.05) is 6.42 Å². The number of likely N-dealkylation sites (tertiary alicyclic amines) is 1. The first-order valence-corrected chi connectivity index (χ1v) is 2.60. The molecule has 0 aromatic heterocycles. The summed E-state index contributed by atoms with van der Waals surface area (Å²) >= 11 is 0. The molecule has 0 spiro atoms. The van der Waals surface area contributed by atoms with Crippen LogP contribution in [0.2, 0.25) is 0 Å². The first-order valence-electron chi connectivity index (χ1n) is 2.60. The van der Waals surface area contributed by atoms with E-state index >= 15 is 0 Å². The van der Waals surface area contributed by atoms with Crippen LogP contribution in [0, 0.1) is 7.05 Å². The predicted molar refractivity (Wildman–Crippen MR) is 25.6 cm³/mol. The molecule has 2 heteroatoms. The Balaban J connectivity index is 2.26. The third-order valence-electron chi connectivity index (χ3n) is 1.32. The summed E-state index contributed by atoms with van der Waals surface area (Å²) < 4.78 is 12.1. The molecule has 0 bridgehead atoms. The molecule has 1 fully saturated rings. The second-order valence-electron chi connectivity index (χ2n) is 2.09. The van der Waals surface area contributed by atoms with Crippen LogP contribution in [-0.2, 0) is 0 Å². The second-order valence-corrected chi connectivity index (χ2v) is 2.09. The molecule has 1 aliphatic heterocycles. The number of alkyl halides is 1. The van der Waals surface area contributed by atoms with Gasteiger partial charge in [-0.05, 0) is 0 Å². The molecule has 0 aliphatic carbocycles. The number of rotatable bonds is 0. The average Bonchev–Trinajstić information content (AvgIpc) is 1.87. The molecule has 1 saturated heterocycles. The quantitative estimate of drug-likeness (QED) is 0.391. The summed E-state index contributed by atoms with van der Waals surface area (Å²) in [5, 5.41) is 0. The molecule has 1 nitrogen and oxygen atoms in total. The average molecular weight is 103 g/mol. The predicted octanol–water partition coefficient (Wildman–Crippen LogP) is -0.595. The lowest BCUT2D eigenvalue weighted by molar-refractivity contribution is -0.840. The molecule has 0 radical (unpaired) electrons. The van der Waals surface area contributed by atoms with Crippen LogP contribution in [0.15, 0.2) is 0 Å². The first-order chi connectivity index (χ1) is 3.29. The zero-order chi connectivity index (χ0) is 5.28. The van der Waals surface area contributed by atoms with Crippen LogP contribution in [-0.4, -0.2) is 19.3 Å². The van der Waals surface area contributed by atoms with Crippen LogP contribution in [0.5, 0.6) is 0 Å². The highest BCUT2D eigenvalue weighted by Crippen LogP contribution is 1.95. The highest BCUT2D eigenvalue weighted by Gasteiger charge is 2.17. The Morgan fingerprint density at radius 3 is 2.57 bits per heavy atom. The highest BCUT2D eigenvalue weighted by atomic mass is 19.1. The number of quaternary nitrogens is 1. The fourth-order valence-electron chi connectivity index (χ4n) is 0.878. The van der Waals surface area contributed by atoms with E-state index in [1.165, 1.54) is 0 Å². The Morgan fingerprint density at radius 1 is 1.71 bits per heavy atom. The lowest BCUT2D eigenvalue weighted by atomic mass is 10.4. The van der Waals surface area contributed by atoms with E-state index in [-0.39, 0.29) is 0 Å². The van der Waals surface area contributed by atoms with Crippen molar-refractivity contribution in [3.8, 4) is 0 Å². The van der Waals surface area contributed by atoms with Crippen LogP contribution in [0.4, 0.5) is 4.39 Å². The maximum atomic E-state index is 12.1. The normalized spacial score (nSPS) is 42.0. The Bertz CT molecular complexity index is 57.1. The number of hydrogen-bond donors (Lipinski definition) is 1. The molecule has 1 N–H and O–H groups in total. The van der Waals surface area contributed by atoms with Crippen molar-refractivity contribution in [2.24, 2.45) is 0 Å². The Kier molecular flexibility index (Phi) is 1.28. The lowest BCUT2D eigenvalue weighted by Gasteiger charge is -2.09. The van der Waals surface area contributed by atoms with Gasteiger partial charge in [-0.15, -0.1) is 0 Å². The Morgan fingerprint density at radius 2 is 2.43 bits per heavy atom. The van der Waals surface area contributed by atoms with Crippen molar-refractivity contribution in [3.63, 3.8) is 0 Å². The van der Waals surface area contributed by atoms with Crippen molar-refractivity contribution in [2.45, 2.75) is 12.6 Å². The molecular weight excluding hydrogens is 93.1 g/mol. The van der Waals surface area contributed by atoms with Gasteiger partial charge in [-0.2, -0.15) is 7.05 Å². The maximum Gasteiger partial charge on any atom is 0.152 e. The van der Waals surface area contributed by atoms with E-state index in [1.54, 1.807) is 0 Å². The van der Waals surface area contributed by atoms with E-state index in [9.17, 15) is 4.39 Å². The van der Waals surface area contributed by atoms with E-state index in [1.807, 2.05) is 0 Å². The topological polar surface area (TPSA) is 4.44 Å². The molecule has 1 aliphatic rings. The highest BCUT2D eigenvalue weighted by molar-refractivity contribution is 4.57. The summed E-state index contributed by atoms with van der Waals surface area (Å²) in [5.74, 6) is 0. The SMILES string of the molecule is [CH2-][NH+]1CC[C@H](F)C1. The van der Waals surface area contributed by atoms with Crippen molar-refractivity contribution in [1.29, 1.82) is 0 Å². The third-order valence-corrected chi connectivity index (χ3v) is 1.32. The lowest BCUT2D eigenvalue weighted by Crippen LogP contribution is -3.04. The smallest absolute Gasteiger partial charge is 0.152 e. The van der Waals surface area contributed by atoms with Crippen molar-refractivity contribution in [2.75, 3.05) is 13.1 Å². The van der Waals surface area contributed by atoms with Gasteiger partial charge in [0.1, 0.15) is 0 Å². The van der Waals surface area contributed by atoms with E-state index in [0.717, 1.165) is 11.4 Å². The Labute approximate surface area is 43.1 Å². The molecule has 0 amide bonds. The summed E-state index contributed by atoms with van der Waals surface area (Å²) in [4.78, 5) is 1.08. The van der Waals surface area contributed by atoms with Crippen molar-refractivity contribution in [1.82, 2.24) is 0 Å². The van der Waals surface area contributed by atoms with Gasteiger partial charge in [-0.1, -0.05) is 0 Å². The monoisotopic (exact) mass is 103 g/mol. The maximum absolute atomic E-state index is 12.1. The van der Waals surface area contributed by atoms with Crippen LogP contribution in [0.1, 0.15) is 6.42 Å². The zero-order valence-corrected chi connectivity index (χ0v) is 4.28. The van der Waals surface area contributed by atoms with Gasteiger partial charge >= 0.3 is 0 Å². The van der Waals surface area contributed by atoms with Crippen LogP contribution < -0.4 is 4.90 Å². The van der Waals surface area contributed by atoms with Gasteiger partial charge in [0.25, 0.3) is 0 Å².